The highest BCUT2D eigenvalue weighted by Crippen LogP contribution is 2.26. The van der Waals surface area contributed by atoms with Gasteiger partial charge in [0.1, 0.15) is 0 Å². The van der Waals surface area contributed by atoms with Crippen LogP contribution in [0.15, 0.2) is 55.4 Å². The third-order valence-electron chi connectivity index (χ3n) is 3.84. The Morgan fingerprint density at radius 2 is 2.00 bits per heavy atom. The van der Waals surface area contributed by atoms with E-state index >= 15 is 0 Å². The van der Waals surface area contributed by atoms with E-state index in [1.807, 2.05) is 24.3 Å². The minimum absolute atomic E-state index is 0.00403. The number of rotatable bonds is 6. The quantitative estimate of drug-likeness (QED) is 0.223. The molecule has 0 saturated heterocycles. The van der Waals surface area contributed by atoms with Crippen LogP contribution in [0.1, 0.15) is 10.6 Å². The molecule has 31 heavy (non-hydrogen) atoms. The maximum Gasteiger partial charge on any atom is 0.291 e. The van der Waals surface area contributed by atoms with Crippen molar-refractivity contribution in [2.24, 2.45) is 0 Å². The van der Waals surface area contributed by atoms with E-state index in [0.29, 0.717) is 9.80 Å². The first-order valence-corrected chi connectivity index (χ1v) is 11.2. The second-order valence-electron chi connectivity index (χ2n) is 6.01. The molecular weight excluding hydrogens is 508 g/mol. The second kappa shape index (κ2) is 8.91. The Hall–Kier alpha value is -3.16. The van der Waals surface area contributed by atoms with Crippen LogP contribution in [0, 0.1) is 0 Å². The molecule has 13 heteroatoms. The van der Waals surface area contributed by atoms with Crippen molar-refractivity contribution in [2.75, 3.05) is 22.1 Å². The lowest BCUT2D eigenvalue weighted by Crippen LogP contribution is -2.23. The number of thiazole rings is 1. The van der Waals surface area contributed by atoms with Gasteiger partial charge < -0.3 is 20.8 Å². The van der Waals surface area contributed by atoms with Crippen LogP contribution >= 0.6 is 39.0 Å². The molecule has 5 N–H and O–H groups in total. The minimum atomic E-state index is -0.652. The Bertz CT molecular complexity index is 1320. The van der Waals surface area contributed by atoms with E-state index in [1.165, 1.54) is 17.4 Å². The van der Waals surface area contributed by atoms with Crippen molar-refractivity contribution >= 4 is 77.7 Å². The highest BCUT2D eigenvalue weighted by molar-refractivity contribution is 9.10. The van der Waals surface area contributed by atoms with E-state index in [4.69, 9.17) is 10.2 Å². The van der Waals surface area contributed by atoms with Crippen LogP contribution in [0.3, 0.4) is 0 Å². The van der Waals surface area contributed by atoms with Gasteiger partial charge in [-0.2, -0.15) is 0 Å². The van der Waals surface area contributed by atoms with Gasteiger partial charge in [-0.25, -0.2) is 9.97 Å². The number of thioether (sulfide) groups is 1. The van der Waals surface area contributed by atoms with Crippen molar-refractivity contribution in [1.82, 2.24) is 15.0 Å². The van der Waals surface area contributed by atoms with Gasteiger partial charge in [-0.3, -0.25) is 19.4 Å². The standard InChI is InChI=1S/C18H13BrN6O4S2/c19-11-6-5-9(29-11)15(27)23-13-14(20)24-17(25-16(13)28)30-7-12(26)22-18-21-8-3-1-2-4-10(8)31-18/h1-6H,7H2,(H,23,27)(H,21,22,26)(H3,20,24,25,28). The average Bonchev–Trinajstić information content (AvgIpc) is 3.34. The topological polar surface area (TPSA) is 156 Å². The number of aromatic amines is 1. The van der Waals surface area contributed by atoms with Crippen LogP contribution in [0.2, 0.25) is 0 Å². The molecule has 0 saturated carbocycles. The van der Waals surface area contributed by atoms with Gasteiger partial charge in [-0.1, -0.05) is 35.2 Å². The van der Waals surface area contributed by atoms with Crippen molar-refractivity contribution in [1.29, 1.82) is 0 Å². The third kappa shape index (κ3) is 4.95. The molecule has 0 bridgehead atoms. The summed E-state index contributed by atoms with van der Waals surface area (Å²) in [5.74, 6) is -1.18. The number of aromatic nitrogens is 3. The van der Waals surface area contributed by atoms with Crippen LogP contribution in [-0.4, -0.2) is 32.5 Å². The highest BCUT2D eigenvalue weighted by atomic mass is 79.9. The molecule has 158 valence electrons. The number of fused-ring (bicyclic) bond motifs is 1. The predicted octanol–water partition coefficient (Wildman–Crippen LogP) is 3.30. The molecule has 4 aromatic rings. The number of nitrogen functional groups attached to an aromatic ring is 1. The number of halogens is 1. The lowest BCUT2D eigenvalue weighted by Gasteiger charge is -2.07. The first-order chi connectivity index (χ1) is 14.9. The van der Waals surface area contributed by atoms with Crippen molar-refractivity contribution in [2.45, 2.75) is 5.16 Å². The fourth-order valence-electron chi connectivity index (χ4n) is 2.48. The number of carbonyl (C=O) groups excluding carboxylic acids is 2. The Morgan fingerprint density at radius 3 is 2.71 bits per heavy atom. The molecule has 0 atom stereocenters. The molecule has 0 unspecified atom stereocenters. The molecule has 0 aliphatic rings. The van der Waals surface area contributed by atoms with E-state index in [-0.39, 0.29) is 34.1 Å². The van der Waals surface area contributed by atoms with Gasteiger partial charge >= 0.3 is 0 Å². The van der Waals surface area contributed by atoms with Crippen LogP contribution in [0.5, 0.6) is 0 Å². The summed E-state index contributed by atoms with van der Waals surface area (Å²) >= 11 is 5.45. The summed E-state index contributed by atoms with van der Waals surface area (Å²) in [7, 11) is 0. The Kier molecular flexibility index (Phi) is 6.06. The van der Waals surface area contributed by atoms with Crippen molar-refractivity contribution in [3.8, 4) is 0 Å². The lowest BCUT2D eigenvalue weighted by molar-refractivity contribution is -0.113. The molecule has 0 fully saturated rings. The van der Waals surface area contributed by atoms with Gasteiger partial charge in [-0.15, -0.1) is 0 Å². The number of furan rings is 1. The molecule has 10 nitrogen and oxygen atoms in total. The number of nitrogens with one attached hydrogen (secondary N) is 3. The number of para-hydroxylation sites is 1. The number of anilines is 3. The maximum absolute atomic E-state index is 12.3. The van der Waals surface area contributed by atoms with Gasteiger partial charge in [0.05, 0.1) is 16.0 Å². The van der Waals surface area contributed by atoms with Crippen LogP contribution in [0.4, 0.5) is 16.6 Å². The molecule has 0 aliphatic heterocycles. The van der Waals surface area contributed by atoms with E-state index < -0.39 is 11.5 Å². The lowest BCUT2D eigenvalue weighted by atomic mass is 10.3. The zero-order valence-electron chi connectivity index (χ0n) is 15.5. The SMILES string of the molecule is Nc1nc(SCC(=O)Nc2nc3ccccc3s2)[nH]c(=O)c1NC(=O)c1ccc(Br)o1. The number of nitrogens with two attached hydrogens (primary N) is 1. The number of benzene rings is 1. The smallest absolute Gasteiger partial charge is 0.291 e. The average molecular weight is 521 g/mol. The largest absolute Gasteiger partial charge is 0.444 e. The molecule has 2 amide bonds. The van der Waals surface area contributed by atoms with Crippen molar-refractivity contribution in [3.63, 3.8) is 0 Å². The number of H-pyrrole nitrogens is 1. The summed E-state index contributed by atoms with van der Waals surface area (Å²) in [5, 5.41) is 5.70. The fourth-order valence-corrected chi connectivity index (χ4v) is 4.34. The fraction of sp³-hybridized carbons (Fsp3) is 0.0556. The monoisotopic (exact) mass is 520 g/mol. The normalized spacial score (nSPS) is 10.9. The zero-order valence-corrected chi connectivity index (χ0v) is 18.7. The zero-order chi connectivity index (χ0) is 22.0. The predicted molar refractivity (Wildman–Crippen MR) is 123 cm³/mol. The molecule has 1 aromatic carbocycles. The molecule has 0 spiro atoms. The Morgan fingerprint density at radius 1 is 1.19 bits per heavy atom. The van der Waals surface area contributed by atoms with Crippen LogP contribution in [-0.2, 0) is 4.79 Å². The third-order valence-corrected chi connectivity index (χ3v) is 6.09. The summed E-state index contributed by atoms with van der Waals surface area (Å²) in [5.41, 5.74) is 5.76. The molecule has 0 radical (unpaired) electrons. The second-order valence-corrected chi connectivity index (χ2v) is 8.79. The van der Waals surface area contributed by atoms with Crippen molar-refractivity contribution < 1.29 is 14.0 Å². The first kappa shape index (κ1) is 21.1. The summed E-state index contributed by atoms with van der Waals surface area (Å²) < 4.78 is 6.46. The molecular formula is C18H13BrN6O4S2. The number of hydrogen-bond donors (Lipinski definition) is 4. The number of carbonyl (C=O) groups is 2. The molecule has 3 aromatic heterocycles. The minimum Gasteiger partial charge on any atom is -0.444 e. The van der Waals surface area contributed by atoms with Crippen LogP contribution in [0.25, 0.3) is 10.2 Å². The van der Waals surface area contributed by atoms with E-state index in [2.05, 4.69) is 41.5 Å². The summed E-state index contributed by atoms with van der Waals surface area (Å²) in [6, 6.07) is 10.5. The summed E-state index contributed by atoms with van der Waals surface area (Å²) in [4.78, 5) is 47.5. The van der Waals surface area contributed by atoms with Gasteiger partial charge in [0.2, 0.25) is 5.91 Å². The number of amides is 2. The summed E-state index contributed by atoms with van der Waals surface area (Å²) in [6.45, 7) is 0. The molecule has 0 aliphatic carbocycles. The van der Waals surface area contributed by atoms with E-state index in [1.54, 1.807) is 6.07 Å². The van der Waals surface area contributed by atoms with E-state index in [9.17, 15) is 14.4 Å². The highest BCUT2D eigenvalue weighted by Gasteiger charge is 2.17. The Labute approximate surface area is 190 Å². The molecule has 4 rings (SSSR count). The van der Waals surface area contributed by atoms with Gasteiger partial charge in [-0.05, 0) is 40.2 Å². The van der Waals surface area contributed by atoms with Crippen LogP contribution < -0.4 is 21.9 Å². The Balaban J connectivity index is 1.39. The maximum atomic E-state index is 12.3. The number of hydrogen-bond acceptors (Lipinski definition) is 9. The molecule has 3 heterocycles. The van der Waals surface area contributed by atoms with Gasteiger partial charge in [0.15, 0.2) is 32.2 Å². The van der Waals surface area contributed by atoms with E-state index in [0.717, 1.165) is 22.0 Å². The van der Waals surface area contributed by atoms with Crippen molar-refractivity contribution in [3.05, 3.63) is 57.2 Å². The number of nitrogens with zero attached hydrogens (tertiary/aromatic N) is 2. The summed E-state index contributed by atoms with van der Waals surface area (Å²) in [6.07, 6.45) is 0. The first-order valence-electron chi connectivity index (χ1n) is 8.64. The van der Waals surface area contributed by atoms with Gasteiger partial charge in [0.25, 0.3) is 11.5 Å². The van der Waals surface area contributed by atoms with Gasteiger partial charge in [0, 0.05) is 0 Å².